The lowest BCUT2D eigenvalue weighted by atomic mass is 10.1. The first kappa shape index (κ1) is 22.8. The minimum Gasteiger partial charge on any atom is -0.467 e. The van der Waals surface area contributed by atoms with Crippen LogP contribution in [-0.2, 0) is 11.3 Å². The van der Waals surface area contributed by atoms with Crippen LogP contribution in [0.5, 0.6) is 0 Å². The summed E-state index contributed by atoms with van der Waals surface area (Å²) in [6.07, 6.45) is 3.33. The minimum absolute atomic E-state index is 0.0770. The number of carbonyl (C=O) groups excluding carboxylic acids is 2. The number of hydrogen-bond acceptors (Lipinski definition) is 6. The van der Waals surface area contributed by atoms with Gasteiger partial charge < -0.3 is 19.1 Å². The first-order valence-corrected chi connectivity index (χ1v) is 11.7. The maximum Gasteiger partial charge on any atom is 0.254 e. The van der Waals surface area contributed by atoms with Crippen molar-refractivity contribution in [3.63, 3.8) is 0 Å². The van der Waals surface area contributed by atoms with Crippen LogP contribution in [0.3, 0.4) is 0 Å². The summed E-state index contributed by atoms with van der Waals surface area (Å²) in [5.74, 6) is 0.763. The van der Waals surface area contributed by atoms with Crippen molar-refractivity contribution in [2.45, 2.75) is 6.54 Å². The predicted molar refractivity (Wildman–Crippen MR) is 132 cm³/mol. The number of aromatic nitrogens is 3. The summed E-state index contributed by atoms with van der Waals surface area (Å²) in [7, 11) is 3.76. The molecule has 1 aromatic carbocycles. The summed E-state index contributed by atoms with van der Waals surface area (Å²) in [6.45, 7) is 2.81. The first-order valence-electron chi connectivity index (χ1n) is 11.7. The smallest absolute Gasteiger partial charge is 0.254 e. The molecule has 0 aliphatic carbocycles. The molecule has 3 aromatic heterocycles. The summed E-state index contributed by atoms with van der Waals surface area (Å²) < 4.78 is 7.26. The van der Waals surface area contributed by atoms with E-state index >= 15 is 0 Å². The van der Waals surface area contributed by atoms with Gasteiger partial charge in [-0.1, -0.05) is 30.3 Å². The Morgan fingerprint density at radius 1 is 1.00 bits per heavy atom. The van der Waals surface area contributed by atoms with E-state index in [4.69, 9.17) is 9.40 Å². The van der Waals surface area contributed by atoms with Crippen LogP contribution in [0.25, 0.3) is 22.3 Å². The fourth-order valence-corrected chi connectivity index (χ4v) is 4.35. The van der Waals surface area contributed by atoms with E-state index in [0.29, 0.717) is 61.6 Å². The third-order valence-corrected chi connectivity index (χ3v) is 6.17. The molecule has 0 radical (unpaired) electrons. The van der Waals surface area contributed by atoms with E-state index < -0.39 is 0 Å². The van der Waals surface area contributed by atoms with Crippen molar-refractivity contribution in [1.29, 1.82) is 0 Å². The Bertz CT molecular complexity index is 1320. The Kier molecular flexibility index (Phi) is 6.33. The van der Waals surface area contributed by atoms with Gasteiger partial charge >= 0.3 is 0 Å². The van der Waals surface area contributed by atoms with Crippen LogP contribution in [0.4, 0.5) is 0 Å². The third kappa shape index (κ3) is 4.81. The topological polar surface area (TPSA) is 87.7 Å². The number of fused-ring (bicyclic) bond motifs is 1. The van der Waals surface area contributed by atoms with Crippen molar-refractivity contribution in [2.24, 2.45) is 0 Å². The van der Waals surface area contributed by atoms with Gasteiger partial charge in [0.1, 0.15) is 12.3 Å². The number of rotatable bonds is 6. The highest BCUT2D eigenvalue weighted by Crippen LogP contribution is 2.27. The summed E-state index contributed by atoms with van der Waals surface area (Å²) in [5, 5.41) is 5.22. The van der Waals surface area contributed by atoms with Crippen LogP contribution in [-0.4, -0.2) is 88.1 Å². The van der Waals surface area contributed by atoms with Gasteiger partial charge in [-0.05, 0) is 32.3 Å². The molecule has 180 valence electrons. The second kappa shape index (κ2) is 9.71. The van der Waals surface area contributed by atoms with Crippen molar-refractivity contribution in [2.75, 3.05) is 46.8 Å². The summed E-state index contributed by atoms with van der Waals surface area (Å²) in [6, 6.07) is 15.4. The Morgan fingerprint density at radius 3 is 2.43 bits per heavy atom. The Labute approximate surface area is 203 Å². The molecule has 5 rings (SSSR count). The average molecular weight is 473 g/mol. The van der Waals surface area contributed by atoms with E-state index in [1.807, 2.05) is 77.3 Å². The van der Waals surface area contributed by atoms with Crippen LogP contribution in [0, 0.1) is 0 Å². The Morgan fingerprint density at radius 2 is 1.74 bits per heavy atom. The van der Waals surface area contributed by atoms with Gasteiger partial charge in [0.2, 0.25) is 5.91 Å². The molecule has 2 amide bonds. The zero-order chi connectivity index (χ0) is 24.4. The largest absolute Gasteiger partial charge is 0.467 e. The van der Waals surface area contributed by atoms with Crippen LogP contribution >= 0.6 is 0 Å². The van der Waals surface area contributed by atoms with Crippen LogP contribution in [0.15, 0.2) is 65.4 Å². The summed E-state index contributed by atoms with van der Waals surface area (Å²) >= 11 is 0. The van der Waals surface area contributed by atoms with Gasteiger partial charge in [-0.3, -0.25) is 9.59 Å². The third-order valence-electron chi connectivity index (χ3n) is 6.17. The molecule has 1 aliphatic heterocycles. The van der Waals surface area contributed by atoms with Crippen LogP contribution < -0.4 is 0 Å². The lowest BCUT2D eigenvalue weighted by Gasteiger charge is -2.35. The van der Waals surface area contributed by atoms with Crippen LogP contribution in [0.2, 0.25) is 0 Å². The van der Waals surface area contributed by atoms with Crippen molar-refractivity contribution in [3.05, 3.63) is 72.3 Å². The normalized spacial score (nSPS) is 14.1. The molecular formula is C26H28N6O3. The molecule has 35 heavy (non-hydrogen) atoms. The zero-order valence-electron chi connectivity index (χ0n) is 19.9. The summed E-state index contributed by atoms with van der Waals surface area (Å²) in [5.41, 5.74) is 2.83. The zero-order valence-corrected chi connectivity index (χ0v) is 19.9. The van der Waals surface area contributed by atoms with Crippen LogP contribution in [0.1, 0.15) is 16.1 Å². The molecule has 0 atom stereocenters. The van der Waals surface area contributed by atoms with Crippen molar-refractivity contribution < 1.29 is 14.0 Å². The van der Waals surface area contributed by atoms with Gasteiger partial charge in [0.05, 0.1) is 35.6 Å². The van der Waals surface area contributed by atoms with Gasteiger partial charge in [0.25, 0.3) is 5.91 Å². The number of benzene rings is 1. The minimum atomic E-state index is -0.0770. The van der Waals surface area contributed by atoms with Crippen molar-refractivity contribution in [3.8, 4) is 11.3 Å². The molecule has 1 saturated heterocycles. The molecule has 1 aliphatic rings. The van der Waals surface area contributed by atoms with E-state index in [0.717, 1.165) is 11.3 Å². The number of carbonyl (C=O) groups is 2. The lowest BCUT2D eigenvalue weighted by molar-refractivity contribution is -0.133. The molecule has 9 nitrogen and oxygen atoms in total. The second-order valence-corrected chi connectivity index (χ2v) is 8.95. The predicted octanol–water partition coefficient (Wildman–Crippen LogP) is 2.59. The van der Waals surface area contributed by atoms with Gasteiger partial charge in [-0.2, -0.15) is 5.10 Å². The molecule has 0 unspecified atom stereocenters. The fourth-order valence-electron chi connectivity index (χ4n) is 4.35. The first-order chi connectivity index (χ1) is 17.0. The molecule has 1 fully saturated rings. The van der Waals surface area contributed by atoms with E-state index in [1.54, 1.807) is 17.1 Å². The second-order valence-electron chi connectivity index (χ2n) is 8.95. The van der Waals surface area contributed by atoms with E-state index in [9.17, 15) is 9.59 Å². The van der Waals surface area contributed by atoms with E-state index in [-0.39, 0.29) is 11.8 Å². The van der Waals surface area contributed by atoms with Crippen molar-refractivity contribution in [1.82, 2.24) is 29.5 Å². The highest BCUT2D eigenvalue weighted by atomic mass is 16.3. The number of likely N-dealkylation sites (N-methyl/N-ethyl adjacent to an activating group) is 1. The fraction of sp³-hybridized carbons (Fsp3) is 0.308. The van der Waals surface area contributed by atoms with Gasteiger partial charge in [0, 0.05) is 31.7 Å². The number of nitrogens with zero attached hydrogens (tertiary/aromatic N) is 6. The Hall–Kier alpha value is -3.98. The van der Waals surface area contributed by atoms with E-state index in [2.05, 4.69) is 5.10 Å². The molecular weight excluding hydrogens is 444 g/mol. The average Bonchev–Trinajstić information content (AvgIpc) is 3.54. The number of amides is 2. The number of hydrogen-bond donors (Lipinski definition) is 0. The monoisotopic (exact) mass is 472 g/mol. The summed E-state index contributed by atoms with van der Waals surface area (Å²) in [4.78, 5) is 36.5. The standard InChI is InChI=1S/C26H28N6O3/c1-29(2)18-24(33)30-10-12-31(13-11-30)26(34)21-15-23(19-7-4-3-5-8-19)28-25-22(21)16-27-32(25)17-20-9-6-14-35-20/h3-9,14-16H,10-13,17-18H2,1-2H3. The van der Waals surface area contributed by atoms with Gasteiger partial charge in [0.15, 0.2) is 5.65 Å². The number of piperazine rings is 1. The highest BCUT2D eigenvalue weighted by molar-refractivity contribution is 6.06. The molecule has 0 bridgehead atoms. The molecule has 0 saturated carbocycles. The molecule has 4 heterocycles. The van der Waals surface area contributed by atoms with Gasteiger partial charge in [-0.15, -0.1) is 0 Å². The van der Waals surface area contributed by atoms with Crippen molar-refractivity contribution >= 4 is 22.8 Å². The molecule has 9 heteroatoms. The van der Waals surface area contributed by atoms with E-state index in [1.165, 1.54) is 0 Å². The molecule has 4 aromatic rings. The number of furan rings is 1. The maximum absolute atomic E-state index is 13.7. The lowest BCUT2D eigenvalue weighted by Crippen LogP contribution is -2.52. The quantitative estimate of drug-likeness (QED) is 0.429. The molecule has 0 N–H and O–H groups in total. The number of pyridine rings is 1. The molecule has 0 spiro atoms. The SMILES string of the molecule is CN(C)CC(=O)N1CCN(C(=O)c2cc(-c3ccccc3)nc3c2cnn3Cc2ccco2)CC1. The maximum atomic E-state index is 13.7. The van der Waals surface area contributed by atoms with Gasteiger partial charge in [-0.25, -0.2) is 9.67 Å². The highest BCUT2D eigenvalue weighted by Gasteiger charge is 2.27. The Balaban J connectivity index is 1.46.